The molecule has 0 bridgehead atoms. The summed E-state index contributed by atoms with van der Waals surface area (Å²) in [6.45, 7) is 4.81. The normalized spacial score (nSPS) is 10.5. The van der Waals surface area contributed by atoms with E-state index in [1.807, 2.05) is 6.92 Å². The minimum Gasteiger partial charge on any atom is -0.370 e. The average molecular weight is 292 g/mol. The molecule has 4 nitrogen and oxygen atoms in total. The van der Waals surface area contributed by atoms with E-state index in [0.29, 0.717) is 18.1 Å². The Morgan fingerprint density at radius 3 is 2.57 bits per heavy atom. The third kappa shape index (κ3) is 3.65. The van der Waals surface area contributed by atoms with Crippen LogP contribution in [0, 0.1) is 11.6 Å². The molecule has 1 heterocycles. The van der Waals surface area contributed by atoms with Gasteiger partial charge in [0, 0.05) is 18.2 Å². The summed E-state index contributed by atoms with van der Waals surface area (Å²) in [4.78, 5) is 8.33. The lowest BCUT2D eigenvalue weighted by Crippen LogP contribution is -2.09. The van der Waals surface area contributed by atoms with Crippen molar-refractivity contribution in [2.45, 2.75) is 26.7 Å². The van der Waals surface area contributed by atoms with E-state index >= 15 is 0 Å². The average Bonchev–Trinajstić information content (AvgIpc) is 2.49. The van der Waals surface area contributed by atoms with E-state index < -0.39 is 11.6 Å². The van der Waals surface area contributed by atoms with Crippen molar-refractivity contribution in [2.75, 3.05) is 17.2 Å². The summed E-state index contributed by atoms with van der Waals surface area (Å²) in [7, 11) is 0. The molecule has 0 fully saturated rings. The van der Waals surface area contributed by atoms with Crippen molar-refractivity contribution in [1.82, 2.24) is 9.97 Å². The monoisotopic (exact) mass is 292 g/mol. The van der Waals surface area contributed by atoms with Crippen molar-refractivity contribution >= 4 is 17.3 Å². The Balaban J connectivity index is 2.33. The highest BCUT2D eigenvalue weighted by atomic mass is 19.1. The minimum atomic E-state index is -0.528. The van der Waals surface area contributed by atoms with E-state index in [4.69, 9.17) is 0 Å². The largest absolute Gasteiger partial charge is 0.370 e. The Bertz CT molecular complexity index is 617. The highest BCUT2D eigenvalue weighted by Crippen LogP contribution is 2.25. The van der Waals surface area contributed by atoms with Gasteiger partial charge in [0.05, 0.1) is 5.69 Å². The second kappa shape index (κ2) is 6.97. The highest BCUT2D eigenvalue weighted by molar-refractivity contribution is 5.65. The highest BCUT2D eigenvalue weighted by Gasteiger charge is 2.12. The van der Waals surface area contributed by atoms with Crippen LogP contribution < -0.4 is 10.6 Å². The van der Waals surface area contributed by atoms with Crippen LogP contribution in [0.15, 0.2) is 24.5 Å². The second-order valence-corrected chi connectivity index (χ2v) is 4.58. The predicted molar refractivity (Wildman–Crippen MR) is 79.8 cm³/mol. The number of nitrogens with one attached hydrogen (secondary N) is 2. The zero-order chi connectivity index (χ0) is 15.2. The summed E-state index contributed by atoms with van der Waals surface area (Å²) in [6.07, 6.45) is 3.04. The molecule has 0 radical (unpaired) electrons. The lowest BCUT2D eigenvalue weighted by molar-refractivity contribution is 0.603. The maximum absolute atomic E-state index is 13.7. The van der Waals surface area contributed by atoms with Gasteiger partial charge >= 0.3 is 0 Å². The van der Waals surface area contributed by atoms with Gasteiger partial charge in [-0.25, -0.2) is 18.7 Å². The first kappa shape index (κ1) is 15.2. The molecule has 0 aliphatic carbocycles. The Hall–Kier alpha value is -2.24. The van der Waals surface area contributed by atoms with E-state index in [1.54, 1.807) is 0 Å². The van der Waals surface area contributed by atoms with Crippen LogP contribution in [0.5, 0.6) is 0 Å². The van der Waals surface area contributed by atoms with Crippen LogP contribution in [0.3, 0.4) is 0 Å². The van der Waals surface area contributed by atoms with Gasteiger partial charge in [-0.15, -0.1) is 0 Å². The fraction of sp³-hybridized carbons (Fsp3) is 0.333. The lowest BCUT2D eigenvalue weighted by atomic mass is 10.2. The van der Waals surface area contributed by atoms with Crippen molar-refractivity contribution in [3.8, 4) is 0 Å². The first-order chi connectivity index (χ1) is 10.2. The number of benzene rings is 1. The van der Waals surface area contributed by atoms with Crippen LogP contribution in [0.1, 0.15) is 25.8 Å². The van der Waals surface area contributed by atoms with Crippen molar-refractivity contribution in [1.29, 1.82) is 0 Å². The molecule has 2 rings (SSSR count). The zero-order valence-corrected chi connectivity index (χ0v) is 12.1. The van der Waals surface area contributed by atoms with Crippen molar-refractivity contribution < 1.29 is 8.78 Å². The molecule has 6 heteroatoms. The van der Waals surface area contributed by atoms with Crippen LogP contribution in [-0.4, -0.2) is 16.5 Å². The molecule has 0 aliphatic rings. The maximum atomic E-state index is 13.7. The van der Waals surface area contributed by atoms with Crippen LogP contribution in [0.25, 0.3) is 0 Å². The first-order valence-electron chi connectivity index (χ1n) is 6.95. The standard InChI is InChI=1S/C15H18F2N4/c1-3-7-18-14-11(4-2)15(20-9-19-14)21-13-8-10(16)5-6-12(13)17/h5-6,8-9H,3-4,7H2,1-2H3,(H2,18,19,20,21). The Labute approximate surface area is 122 Å². The topological polar surface area (TPSA) is 49.8 Å². The van der Waals surface area contributed by atoms with Crippen molar-refractivity contribution in [3.05, 3.63) is 41.7 Å². The lowest BCUT2D eigenvalue weighted by Gasteiger charge is -2.14. The number of aromatic nitrogens is 2. The van der Waals surface area contributed by atoms with Crippen LogP contribution in [-0.2, 0) is 6.42 Å². The molecule has 0 spiro atoms. The number of hydrogen-bond donors (Lipinski definition) is 2. The number of halogens is 2. The van der Waals surface area contributed by atoms with Gasteiger partial charge in [-0.2, -0.15) is 0 Å². The first-order valence-corrected chi connectivity index (χ1v) is 6.95. The van der Waals surface area contributed by atoms with E-state index in [2.05, 4.69) is 27.5 Å². The van der Waals surface area contributed by atoms with Gasteiger partial charge in [0.1, 0.15) is 29.6 Å². The van der Waals surface area contributed by atoms with E-state index in [-0.39, 0.29) is 5.69 Å². The zero-order valence-electron chi connectivity index (χ0n) is 12.1. The van der Waals surface area contributed by atoms with Gasteiger partial charge in [-0.3, -0.25) is 0 Å². The molecule has 2 aromatic rings. The predicted octanol–water partition coefficient (Wildman–Crippen LogP) is 3.88. The fourth-order valence-corrected chi connectivity index (χ4v) is 1.97. The number of nitrogens with zero attached hydrogens (tertiary/aromatic N) is 2. The number of rotatable bonds is 6. The van der Waals surface area contributed by atoms with E-state index in [9.17, 15) is 8.78 Å². The third-order valence-corrected chi connectivity index (χ3v) is 3.02. The summed E-state index contributed by atoms with van der Waals surface area (Å²) in [6, 6.07) is 3.27. The maximum Gasteiger partial charge on any atom is 0.146 e. The fourth-order valence-electron chi connectivity index (χ4n) is 1.97. The molecule has 112 valence electrons. The van der Waals surface area contributed by atoms with Crippen molar-refractivity contribution in [2.24, 2.45) is 0 Å². The quantitative estimate of drug-likeness (QED) is 0.848. The molecule has 21 heavy (non-hydrogen) atoms. The molecular weight excluding hydrogens is 274 g/mol. The SMILES string of the molecule is CCCNc1ncnc(Nc2cc(F)ccc2F)c1CC. The number of hydrogen-bond acceptors (Lipinski definition) is 4. The number of anilines is 3. The molecule has 0 unspecified atom stereocenters. The molecule has 1 aromatic carbocycles. The van der Waals surface area contributed by atoms with Gasteiger partial charge in [0.25, 0.3) is 0 Å². The Morgan fingerprint density at radius 2 is 1.86 bits per heavy atom. The molecule has 1 aromatic heterocycles. The smallest absolute Gasteiger partial charge is 0.146 e. The second-order valence-electron chi connectivity index (χ2n) is 4.58. The molecule has 0 aliphatic heterocycles. The third-order valence-electron chi connectivity index (χ3n) is 3.02. The Morgan fingerprint density at radius 1 is 1.10 bits per heavy atom. The summed E-state index contributed by atoms with van der Waals surface area (Å²) in [5.41, 5.74) is 0.902. The van der Waals surface area contributed by atoms with Gasteiger partial charge in [0.15, 0.2) is 0 Å². The minimum absolute atomic E-state index is 0.0600. The van der Waals surface area contributed by atoms with Crippen LogP contribution in [0.4, 0.5) is 26.1 Å². The van der Waals surface area contributed by atoms with E-state index in [0.717, 1.165) is 36.7 Å². The summed E-state index contributed by atoms with van der Waals surface area (Å²) in [5.74, 6) is 0.166. The molecular formula is C15H18F2N4. The molecule has 0 saturated carbocycles. The summed E-state index contributed by atoms with van der Waals surface area (Å²) in [5, 5.41) is 6.05. The summed E-state index contributed by atoms with van der Waals surface area (Å²) < 4.78 is 26.9. The molecule has 0 atom stereocenters. The van der Waals surface area contributed by atoms with Crippen molar-refractivity contribution in [3.63, 3.8) is 0 Å². The summed E-state index contributed by atoms with van der Waals surface area (Å²) >= 11 is 0. The van der Waals surface area contributed by atoms with Gasteiger partial charge in [-0.1, -0.05) is 13.8 Å². The molecule has 0 amide bonds. The van der Waals surface area contributed by atoms with Gasteiger partial charge < -0.3 is 10.6 Å². The van der Waals surface area contributed by atoms with Crippen LogP contribution in [0.2, 0.25) is 0 Å². The molecule has 0 saturated heterocycles. The van der Waals surface area contributed by atoms with Gasteiger partial charge in [0.2, 0.25) is 0 Å². The van der Waals surface area contributed by atoms with E-state index in [1.165, 1.54) is 6.33 Å². The van der Waals surface area contributed by atoms with Gasteiger partial charge in [-0.05, 0) is 25.0 Å². The van der Waals surface area contributed by atoms with Crippen LogP contribution >= 0.6 is 0 Å². The molecule has 2 N–H and O–H groups in total. The Kier molecular flexibility index (Phi) is 5.03.